The molecule has 3 heteroatoms. The lowest BCUT2D eigenvalue weighted by Crippen LogP contribution is -2.11. The van der Waals surface area contributed by atoms with Crippen LogP contribution in [0, 0.1) is 13.8 Å². The van der Waals surface area contributed by atoms with Crippen LogP contribution in [0.25, 0.3) is 0 Å². The van der Waals surface area contributed by atoms with E-state index in [1.165, 1.54) is 16.7 Å². The summed E-state index contributed by atoms with van der Waals surface area (Å²) in [5.41, 5.74) is 6.58. The molecule has 144 valence electrons. The Morgan fingerprint density at radius 1 is 0.750 bits per heavy atom. The first-order valence-electron chi connectivity index (χ1n) is 9.56. The lowest BCUT2D eigenvalue weighted by Gasteiger charge is -2.09. The van der Waals surface area contributed by atoms with E-state index in [2.05, 4.69) is 55.5 Å². The third-order valence-electron chi connectivity index (χ3n) is 4.77. The summed E-state index contributed by atoms with van der Waals surface area (Å²) in [6.07, 6.45) is 0.933. The number of rotatable bonds is 8. The zero-order valence-corrected chi connectivity index (χ0v) is 16.5. The van der Waals surface area contributed by atoms with Crippen molar-refractivity contribution in [2.45, 2.75) is 26.9 Å². The van der Waals surface area contributed by atoms with Crippen LogP contribution in [0.5, 0.6) is 0 Å². The number of hydrogen-bond acceptors (Lipinski definition) is 3. The molecule has 0 fully saturated rings. The predicted octanol–water partition coefficient (Wildman–Crippen LogP) is 5.27. The Balaban J connectivity index is 1.40. The summed E-state index contributed by atoms with van der Waals surface area (Å²) < 4.78 is 10.9. The highest BCUT2D eigenvalue weighted by Gasteiger charge is 2.09. The molecule has 0 saturated heterocycles. The largest absolute Gasteiger partial charge is 0.460 e. The van der Waals surface area contributed by atoms with Crippen LogP contribution in [-0.4, -0.2) is 19.2 Å². The molecule has 3 aromatic carbocycles. The molecule has 0 amide bonds. The second-order valence-corrected chi connectivity index (χ2v) is 6.92. The minimum absolute atomic E-state index is 0.249. The second-order valence-electron chi connectivity index (χ2n) is 6.92. The first-order valence-corrected chi connectivity index (χ1v) is 9.56. The molecule has 0 atom stereocenters. The van der Waals surface area contributed by atoms with Gasteiger partial charge in [-0.15, -0.1) is 0 Å². The highest BCUT2D eigenvalue weighted by atomic mass is 16.6. The number of aryl methyl sites for hydroxylation is 2. The fraction of sp³-hybridized carbons (Fsp3) is 0.240. The van der Waals surface area contributed by atoms with Crippen LogP contribution in [0.15, 0.2) is 72.8 Å². The van der Waals surface area contributed by atoms with E-state index >= 15 is 0 Å². The lowest BCUT2D eigenvalue weighted by molar-refractivity contribution is 0.0288. The number of esters is 1. The summed E-state index contributed by atoms with van der Waals surface area (Å²) in [5, 5.41) is 0. The smallest absolute Gasteiger partial charge is 0.338 e. The monoisotopic (exact) mass is 374 g/mol. The van der Waals surface area contributed by atoms with Crippen molar-refractivity contribution in [3.8, 4) is 0 Å². The molecule has 3 aromatic rings. The maximum atomic E-state index is 12.0. The van der Waals surface area contributed by atoms with E-state index in [9.17, 15) is 4.79 Å². The average molecular weight is 374 g/mol. The Kier molecular flexibility index (Phi) is 6.99. The van der Waals surface area contributed by atoms with Crippen LogP contribution in [0.3, 0.4) is 0 Å². The van der Waals surface area contributed by atoms with Gasteiger partial charge < -0.3 is 9.47 Å². The molecule has 0 aliphatic heterocycles. The van der Waals surface area contributed by atoms with Gasteiger partial charge in [0.1, 0.15) is 6.61 Å². The Morgan fingerprint density at radius 2 is 1.39 bits per heavy atom. The molecule has 0 bridgehead atoms. The number of ether oxygens (including phenoxy) is 2. The molecule has 3 nitrogen and oxygen atoms in total. The van der Waals surface area contributed by atoms with Gasteiger partial charge in [-0.25, -0.2) is 4.79 Å². The number of benzene rings is 3. The van der Waals surface area contributed by atoms with Gasteiger partial charge in [0.05, 0.1) is 18.8 Å². The van der Waals surface area contributed by atoms with E-state index in [0.29, 0.717) is 18.8 Å². The minimum atomic E-state index is -0.303. The molecule has 0 aliphatic carbocycles. The molecule has 0 aromatic heterocycles. The predicted molar refractivity (Wildman–Crippen MR) is 112 cm³/mol. The fourth-order valence-electron chi connectivity index (χ4n) is 3.04. The van der Waals surface area contributed by atoms with Gasteiger partial charge in [0, 0.05) is 0 Å². The van der Waals surface area contributed by atoms with Crippen molar-refractivity contribution in [3.05, 3.63) is 106 Å². The van der Waals surface area contributed by atoms with Crippen LogP contribution in [0.1, 0.15) is 38.2 Å². The average Bonchev–Trinajstić information content (AvgIpc) is 2.71. The molecule has 0 aliphatic rings. The summed E-state index contributed by atoms with van der Waals surface area (Å²) in [6, 6.07) is 24.3. The Bertz CT molecular complexity index is 913. The SMILES string of the molecule is Cc1ccccc1Cc1ccc(COCCOC(=O)c2ccccc2C)cc1. The first kappa shape index (κ1) is 19.8. The van der Waals surface area contributed by atoms with Crippen molar-refractivity contribution in [3.63, 3.8) is 0 Å². The maximum Gasteiger partial charge on any atom is 0.338 e. The summed E-state index contributed by atoms with van der Waals surface area (Å²) in [5.74, 6) is -0.303. The van der Waals surface area contributed by atoms with E-state index in [4.69, 9.17) is 9.47 Å². The van der Waals surface area contributed by atoms with Crippen molar-refractivity contribution in [1.82, 2.24) is 0 Å². The van der Waals surface area contributed by atoms with Gasteiger partial charge in [-0.2, -0.15) is 0 Å². The van der Waals surface area contributed by atoms with Gasteiger partial charge >= 0.3 is 5.97 Å². The van der Waals surface area contributed by atoms with Crippen LogP contribution in [0.4, 0.5) is 0 Å². The molecule has 0 radical (unpaired) electrons. The topological polar surface area (TPSA) is 35.5 Å². The van der Waals surface area contributed by atoms with Crippen molar-refractivity contribution in [2.75, 3.05) is 13.2 Å². The van der Waals surface area contributed by atoms with E-state index < -0.39 is 0 Å². The third-order valence-corrected chi connectivity index (χ3v) is 4.77. The van der Waals surface area contributed by atoms with Crippen LogP contribution < -0.4 is 0 Å². The minimum Gasteiger partial charge on any atom is -0.460 e. The Labute approximate surface area is 166 Å². The van der Waals surface area contributed by atoms with E-state index in [-0.39, 0.29) is 12.6 Å². The molecular formula is C25H26O3. The molecule has 3 rings (SSSR count). The van der Waals surface area contributed by atoms with Gasteiger partial charge in [-0.1, -0.05) is 66.7 Å². The fourth-order valence-corrected chi connectivity index (χ4v) is 3.04. The standard InChI is InChI=1S/C25H26O3/c1-19-7-3-5-9-23(19)17-21-11-13-22(14-12-21)18-27-15-16-28-25(26)24-10-6-4-8-20(24)2/h3-14H,15-18H2,1-2H3. The summed E-state index contributed by atoms with van der Waals surface area (Å²) >= 11 is 0. The summed E-state index contributed by atoms with van der Waals surface area (Å²) in [4.78, 5) is 12.0. The number of carbonyl (C=O) groups excluding carboxylic acids is 1. The van der Waals surface area contributed by atoms with E-state index in [1.54, 1.807) is 6.07 Å². The molecule has 0 spiro atoms. The van der Waals surface area contributed by atoms with E-state index in [1.807, 2.05) is 25.1 Å². The van der Waals surface area contributed by atoms with Crippen LogP contribution in [0.2, 0.25) is 0 Å². The second kappa shape index (κ2) is 9.86. The quantitative estimate of drug-likeness (QED) is 0.398. The maximum absolute atomic E-state index is 12.0. The van der Waals surface area contributed by atoms with Crippen LogP contribution in [-0.2, 0) is 22.5 Å². The molecule has 0 unspecified atom stereocenters. The van der Waals surface area contributed by atoms with Crippen molar-refractivity contribution in [1.29, 1.82) is 0 Å². The van der Waals surface area contributed by atoms with Gasteiger partial charge in [0.2, 0.25) is 0 Å². The van der Waals surface area contributed by atoms with Crippen molar-refractivity contribution in [2.24, 2.45) is 0 Å². The van der Waals surface area contributed by atoms with E-state index in [0.717, 1.165) is 17.5 Å². The van der Waals surface area contributed by atoms with Gasteiger partial charge in [-0.05, 0) is 54.2 Å². The van der Waals surface area contributed by atoms with Crippen molar-refractivity contribution >= 4 is 5.97 Å². The van der Waals surface area contributed by atoms with Gasteiger partial charge in [0.15, 0.2) is 0 Å². The number of hydrogen-bond donors (Lipinski definition) is 0. The Morgan fingerprint density at radius 3 is 2.11 bits per heavy atom. The highest BCUT2D eigenvalue weighted by Crippen LogP contribution is 2.15. The Hall–Kier alpha value is -2.91. The molecule has 28 heavy (non-hydrogen) atoms. The lowest BCUT2D eigenvalue weighted by atomic mass is 10.00. The van der Waals surface area contributed by atoms with Crippen LogP contribution >= 0.6 is 0 Å². The summed E-state index contributed by atoms with van der Waals surface area (Å²) in [7, 11) is 0. The zero-order chi connectivity index (χ0) is 19.8. The normalized spacial score (nSPS) is 10.6. The number of carbonyl (C=O) groups is 1. The highest BCUT2D eigenvalue weighted by molar-refractivity contribution is 5.90. The first-order chi connectivity index (χ1) is 13.6. The molecular weight excluding hydrogens is 348 g/mol. The van der Waals surface area contributed by atoms with Gasteiger partial charge in [0.25, 0.3) is 0 Å². The molecule has 0 N–H and O–H groups in total. The van der Waals surface area contributed by atoms with Crippen molar-refractivity contribution < 1.29 is 14.3 Å². The molecule has 0 heterocycles. The molecule has 0 saturated carbocycles. The third kappa shape index (κ3) is 5.54. The van der Waals surface area contributed by atoms with Gasteiger partial charge in [-0.3, -0.25) is 0 Å². The zero-order valence-electron chi connectivity index (χ0n) is 16.5. The summed E-state index contributed by atoms with van der Waals surface area (Å²) in [6.45, 7) is 5.17.